The van der Waals surface area contributed by atoms with Crippen molar-refractivity contribution >= 4 is 41.8 Å². The van der Waals surface area contributed by atoms with E-state index < -0.39 is 0 Å². The number of hydrogen-bond acceptors (Lipinski definition) is 5. The third-order valence-electron chi connectivity index (χ3n) is 3.63. The van der Waals surface area contributed by atoms with Gasteiger partial charge in [0.1, 0.15) is 6.54 Å². The fourth-order valence-corrected chi connectivity index (χ4v) is 2.26. The Morgan fingerprint density at radius 2 is 1.78 bits per heavy atom. The van der Waals surface area contributed by atoms with Gasteiger partial charge in [0.15, 0.2) is 5.96 Å². The molecule has 9 nitrogen and oxygen atoms in total. The molecule has 0 aliphatic carbocycles. The summed E-state index contributed by atoms with van der Waals surface area (Å²) >= 11 is 0. The van der Waals surface area contributed by atoms with Crippen LogP contribution in [-0.4, -0.2) is 99.7 Å². The lowest BCUT2D eigenvalue weighted by atomic mass is 10.1. The first kappa shape index (κ1) is 25.9. The van der Waals surface area contributed by atoms with Crippen LogP contribution < -0.4 is 16.0 Å². The number of amides is 2. The minimum absolute atomic E-state index is 0. The lowest BCUT2D eigenvalue weighted by molar-refractivity contribution is -0.127. The highest BCUT2D eigenvalue weighted by Gasteiger charge is 2.14. The standard InChI is InChI=1S/C17H34N6O3.HI/c1-17(2,3)21-14(24)12-19-16(20-13-15(25)22(4)5)18-6-7-23-8-10-26-11-9-23;/h6-13H2,1-5H3,(H,21,24)(H2,18,19,20);1H. The van der Waals surface area contributed by atoms with Crippen molar-refractivity contribution in [1.82, 2.24) is 25.8 Å². The summed E-state index contributed by atoms with van der Waals surface area (Å²) in [4.78, 5) is 31.8. The molecule has 27 heavy (non-hydrogen) atoms. The second-order valence-corrected chi connectivity index (χ2v) is 7.49. The normalized spacial score (nSPS) is 15.5. The molecule has 1 aliphatic rings. The second-order valence-electron chi connectivity index (χ2n) is 7.49. The first-order chi connectivity index (χ1) is 12.2. The fraction of sp³-hybridized carbons (Fsp3) is 0.824. The van der Waals surface area contributed by atoms with Gasteiger partial charge in [-0.15, -0.1) is 24.0 Å². The minimum atomic E-state index is -0.301. The third-order valence-corrected chi connectivity index (χ3v) is 3.63. The number of nitrogens with zero attached hydrogens (tertiary/aromatic N) is 3. The first-order valence-corrected chi connectivity index (χ1v) is 9.01. The molecule has 0 aromatic carbocycles. The average Bonchev–Trinajstić information content (AvgIpc) is 2.55. The molecule has 1 fully saturated rings. The summed E-state index contributed by atoms with van der Waals surface area (Å²) < 4.78 is 5.33. The maximum absolute atomic E-state index is 12.0. The van der Waals surface area contributed by atoms with Crippen molar-refractivity contribution in [2.75, 3.05) is 66.6 Å². The molecule has 158 valence electrons. The quantitative estimate of drug-likeness (QED) is 0.248. The molecule has 0 radical (unpaired) electrons. The predicted octanol–water partition coefficient (Wildman–Crippen LogP) is -0.525. The van der Waals surface area contributed by atoms with E-state index in [0.29, 0.717) is 12.5 Å². The lowest BCUT2D eigenvalue weighted by Crippen LogP contribution is -2.47. The van der Waals surface area contributed by atoms with Crippen LogP contribution >= 0.6 is 24.0 Å². The number of carbonyl (C=O) groups excluding carboxylic acids is 2. The number of rotatable bonds is 7. The molecule has 0 spiro atoms. The van der Waals surface area contributed by atoms with E-state index in [1.807, 2.05) is 20.8 Å². The Labute approximate surface area is 179 Å². The summed E-state index contributed by atoms with van der Waals surface area (Å²) in [5, 5.41) is 9.03. The smallest absolute Gasteiger partial charge is 0.242 e. The molecule has 1 heterocycles. The van der Waals surface area contributed by atoms with Crippen molar-refractivity contribution in [3.05, 3.63) is 0 Å². The molecule has 10 heteroatoms. The van der Waals surface area contributed by atoms with E-state index in [0.717, 1.165) is 32.8 Å². The van der Waals surface area contributed by atoms with E-state index in [1.165, 1.54) is 4.90 Å². The SMILES string of the molecule is CN(C)C(=O)CNC(=NCC(=O)NC(C)(C)C)NCCN1CCOCC1.I. The summed E-state index contributed by atoms with van der Waals surface area (Å²) in [5.41, 5.74) is -0.301. The van der Waals surface area contributed by atoms with E-state index in [4.69, 9.17) is 4.74 Å². The van der Waals surface area contributed by atoms with Crippen molar-refractivity contribution in [3.63, 3.8) is 0 Å². The minimum Gasteiger partial charge on any atom is -0.379 e. The van der Waals surface area contributed by atoms with Gasteiger partial charge in [0, 0.05) is 45.8 Å². The Morgan fingerprint density at radius 1 is 1.15 bits per heavy atom. The first-order valence-electron chi connectivity index (χ1n) is 9.01. The lowest BCUT2D eigenvalue weighted by Gasteiger charge is -2.26. The Hall–Kier alpha value is -1.14. The molecule has 0 atom stereocenters. The number of nitrogens with one attached hydrogen (secondary N) is 3. The Kier molecular flexibility index (Phi) is 12.6. The third kappa shape index (κ3) is 12.8. The monoisotopic (exact) mass is 498 g/mol. The van der Waals surface area contributed by atoms with Gasteiger partial charge in [0.05, 0.1) is 19.8 Å². The van der Waals surface area contributed by atoms with E-state index in [2.05, 4.69) is 25.8 Å². The number of guanidine groups is 1. The van der Waals surface area contributed by atoms with Crippen LogP contribution in [0, 0.1) is 0 Å². The summed E-state index contributed by atoms with van der Waals surface area (Å²) in [7, 11) is 3.40. The number of carbonyl (C=O) groups is 2. The zero-order valence-corrected chi connectivity index (χ0v) is 19.5. The zero-order chi connectivity index (χ0) is 19.6. The Balaban J connectivity index is 0.00000676. The molecule has 2 amide bonds. The van der Waals surface area contributed by atoms with Crippen LogP contribution in [0.2, 0.25) is 0 Å². The zero-order valence-electron chi connectivity index (χ0n) is 17.1. The Bertz CT molecular complexity index is 488. The molecular weight excluding hydrogens is 463 g/mol. The second kappa shape index (κ2) is 13.1. The van der Waals surface area contributed by atoms with Crippen molar-refractivity contribution in [2.45, 2.75) is 26.3 Å². The molecule has 0 aromatic heterocycles. The van der Waals surface area contributed by atoms with Crippen molar-refractivity contribution in [1.29, 1.82) is 0 Å². The molecule has 1 saturated heterocycles. The molecular formula is C17H35IN6O3. The number of aliphatic imine (C=N–C) groups is 1. The number of likely N-dealkylation sites (N-methyl/N-ethyl adjacent to an activating group) is 1. The van der Waals surface area contributed by atoms with Crippen molar-refractivity contribution in [2.24, 2.45) is 4.99 Å². The molecule has 1 aliphatic heterocycles. The van der Waals surface area contributed by atoms with Crippen molar-refractivity contribution < 1.29 is 14.3 Å². The molecule has 1 rings (SSSR count). The number of ether oxygens (including phenoxy) is 1. The number of morpholine rings is 1. The van der Waals surface area contributed by atoms with Crippen LogP contribution in [0.5, 0.6) is 0 Å². The summed E-state index contributed by atoms with van der Waals surface area (Å²) in [5.74, 6) is 0.232. The van der Waals surface area contributed by atoms with Gasteiger partial charge in [-0.3, -0.25) is 14.5 Å². The maximum Gasteiger partial charge on any atom is 0.242 e. The molecule has 3 N–H and O–H groups in total. The topological polar surface area (TPSA) is 98.3 Å². The predicted molar refractivity (Wildman–Crippen MR) is 118 cm³/mol. The van der Waals surface area contributed by atoms with Crippen LogP contribution in [0.3, 0.4) is 0 Å². The highest BCUT2D eigenvalue weighted by molar-refractivity contribution is 14.0. The maximum atomic E-state index is 12.0. The fourth-order valence-electron chi connectivity index (χ4n) is 2.26. The van der Waals surface area contributed by atoms with Gasteiger partial charge in [0.2, 0.25) is 11.8 Å². The summed E-state index contributed by atoms with van der Waals surface area (Å²) in [6.07, 6.45) is 0. The molecule has 0 unspecified atom stereocenters. The van der Waals surface area contributed by atoms with E-state index in [-0.39, 0.29) is 54.4 Å². The van der Waals surface area contributed by atoms with Gasteiger partial charge in [-0.2, -0.15) is 0 Å². The van der Waals surface area contributed by atoms with Gasteiger partial charge < -0.3 is 25.6 Å². The van der Waals surface area contributed by atoms with Crippen LogP contribution in [0.25, 0.3) is 0 Å². The van der Waals surface area contributed by atoms with E-state index in [9.17, 15) is 9.59 Å². The van der Waals surface area contributed by atoms with Gasteiger partial charge in [-0.25, -0.2) is 4.99 Å². The Morgan fingerprint density at radius 3 is 2.33 bits per heavy atom. The molecule has 0 saturated carbocycles. The van der Waals surface area contributed by atoms with Crippen molar-refractivity contribution in [3.8, 4) is 0 Å². The molecule has 0 bridgehead atoms. The van der Waals surface area contributed by atoms with Gasteiger partial charge in [-0.05, 0) is 20.8 Å². The largest absolute Gasteiger partial charge is 0.379 e. The highest BCUT2D eigenvalue weighted by atomic mass is 127. The van der Waals surface area contributed by atoms with Gasteiger partial charge in [0.25, 0.3) is 0 Å². The van der Waals surface area contributed by atoms with Crippen LogP contribution in [-0.2, 0) is 14.3 Å². The van der Waals surface area contributed by atoms with Crippen LogP contribution in [0.15, 0.2) is 4.99 Å². The number of halogens is 1. The van der Waals surface area contributed by atoms with Gasteiger partial charge in [-0.1, -0.05) is 0 Å². The van der Waals surface area contributed by atoms with Crippen LogP contribution in [0.4, 0.5) is 0 Å². The summed E-state index contributed by atoms with van der Waals surface area (Å²) in [6, 6.07) is 0. The van der Waals surface area contributed by atoms with E-state index in [1.54, 1.807) is 14.1 Å². The average molecular weight is 498 g/mol. The highest BCUT2D eigenvalue weighted by Crippen LogP contribution is 1.98. The number of hydrogen-bond donors (Lipinski definition) is 3. The summed E-state index contributed by atoms with van der Waals surface area (Å²) in [6.45, 7) is 10.7. The van der Waals surface area contributed by atoms with E-state index >= 15 is 0 Å². The van der Waals surface area contributed by atoms with Crippen LogP contribution in [0.1, 0.15) is 20.8 Å². The van der Waals surface area contributed by atoms with Gasteiger partial charge >= 0.3 is 0 Å². The molecule has 0 aromatic rings.